The number of nitrogens with zero attached hydrogens (tertiary/aromatic N) is 1. The molecule has 2 aromatic carbocycles. The highest BCUT2D eigenvalue weighted by atomic mass is 32.2. The van der Waals surface area contributed by atoms with Crippen molar-refractivity contribution in [3.05, 3.63) is 95.2 Å². The van der Waals surface area contributed by atoms with Gasteiger partial charge in [-0.1, -0.05) is 49.4 Å². The van der Waals surface area contributed by atoms with Crippen molar-refractivity contribution in [2.75, 3.05) is 5.75 Å². The van der Waals surface area contributed by atoms with Crippen molar-refractivity contribution in [1.29, 1.82) is 0 Å². The molecule has 1 N–H and O–H groups in total. The maximum Gasteiger partial charge on any atom is 0.251 e. The number of thioether (sulfide) groups is 1. The summed E-state index contributed by atoms with van der Waals surface area (Å²) < 4.78 is 5.74. The Balaban J connectivity index is 1.51. The molecule has 1 heterocycles. The van der Waals surface area contributed by atoms with Gasteiger partial charge in [0.1, 0.15) is 6.61 Å². The Labute approximate surface area is 170 Å². The highest BCUT2D eigenvalue weighted by molar-refractivity contribution is 7.98. The summed E-state index contributed by atoms with van der Waals surface area (Å²) in [6.07, 6.45) is 1.70. The van der Waals surface area contributed by atoms with Gasteiger partial charge in [0.15, 0.2) is 0 Å². The van der Waals surface area contributed by atoms with Crippen LogP contribution in [0.1, 0.15) is 34.0 Å². The first-order valence-corrected chi connectivity index (χ1v) is 10.5. The minimum absolute atomic E-state index is 0.0849. The van der Waals surface area contributed by atoms with Gasteiger partial charge in [0, 0.05) is 30.1 Å². The molecule has 3 aromatic rings. The molecule has 5 heteroatoms. The van der Waals surface area contributed by atoms with E-state index in [-0.39, 0.29) is 5.91 Å². The molecular weight excluding hydrogens is 368 g/mol. The lowest BCUT2D eigenvalue weighted by Gasteiger charge is -2.09. The third-order valence-corrected chi connectivity index (χ3v) is 5.12. The fourth-order valence-electron chi connectivity index (χ4n) is 2.63. The van der Waals surface area contributed by atoms with E-state index in [1.807, 2.05) is 78.5 Å². The Morgan fingerprint density at radius 3 is 2.54 bits per heavy atom. The standard InChI is InChI=1S/C23H24N2O2S/c1-2-28-17-19-8-10-21(11-9-19)23(26)25-15-20-12-13-24-22(14-20)27-16-18-6-4-3-5-7-18/h3-14H,2,15-17H2,1H3,(H,25,26). The predicted molar refractivity (Wildman–Crippen MR) is 114 cm³/mol. The van der Waals surface area contributed by atoms with Crippen LogP contribution in [0.15, 0.2) is 72.9 Å². The SMILES string of the molecule is CCSCc1ccc(C(=O)NCc2ccnc(OCc3ccccc3)c2)cc1. The summed E-state index contributed by atoms with van der Waals surface area (Å²) in [4.78, 5) is 16.6. The van der Waals surface area contributed by atoms with Crippen LogP contribution in [0.4, 0.5) is 0 Å². The van der Waals surface area contributed by atoms with Gasteiger partial charge in [-0.2, -0.15) is 11.8 Å². The van der Waals surface area contributed by atoms with Crippen molar-refractivity contribution in [3.63, 3.8) is 0 Å². The highest BCUT2D eigenvalue weighted by Crippen LogP contribution is 2.14. The third-order valence-electron chi connectivity index (χ3n) is 4.17. The van der Waals surface area contributed by atoms with E-state index in [1.54, 1.807) is 6.20 Å². The summed E-state index contributed by atoms with van der Waals surface area (Å²) in [5.41, 5.74) is 3.93. The van der Waals surface area contributed by atoms with Crippen molar-refractivity contribution in [1.82, 2.24) is 10.3 Å². The van der Waals surface area contributed by atoms with Gasteiger partial charge in [-0.05, 0) is 40.6 Å². The summed E-state index contributed by atoms with van der Waals surface area (Å²) in [6.45, 7) is 3.03. The number of aromatic nitrogens is 1. The second kappa shape index (κ2) is 10.5. The number of carbonyl (C=O) groups is 1. The molecule has 28 heavy (non-hydrogen) atoms. The maximum absolute atomic E-state index is 12.4. The molecular formula is C23H24N2O2S. The molecule has 0 bridgehead atoms. The summed E-state index contributed by atoms with van der Waals surface area (Å²) in [5, 5.41) is 2.95. The first kappa shape index (κ1) is 20.0. The zero-order chi connectivity index (χ0) is 19.6. The topological polar surface area (TPSA) is 51.2 Å². The van der Waals surface area contributed by atoms with Crippen molar-refractivity contribution in [3.8, 4) is 5.88 Å². The number of pyridine rings is 1. The predicted octanol–water partition coefficient (Wildman–Crippen LogP) is 4.84. The summed E-state index contributed by atoms with van der Waals surface area (Å²) in [6, 6.07) is 21.5. The lowest BCUT2D eigenvalue weighted by atomic mass is 10.1. The van der Waals surface area contributed by atoms with Crippen molar-refractivity contribution in [2.24, 2.45) is 0 Å². The number of rotatable bonds is 9. The van der Waals surface area contributed by atoms with Crippen LogP contribution in [0.3, 0.4) is 0 Å². The Morgan fingerprint density at radius 2 is 1.79 bits per heavy atom. The minimum atomic E-state index is -0.0849. The van der Waals surface area contributed by atoms with E-state index in [0.717, 1.165) is 22.6 Å². The number of hydrogen-bond acceptors (Lipinski definition) is 4. The minimum Gasteiger partial charge on any atom is -0.473 e. The zero-order valence-corrected chi connectivity index (χ0v) is 16.7. The second-order valence-electron chi connectivity index (χ2n) is 6.29. The van der Waals surface area contributed by atoms with Crippen LogP contribution in [0.2, 0.25) is 0 Å². The van der Waals surface area contributed by atoms with Crippen molar-refractivity contribution >= 4 is 17.7 Å². The van der Waals surface area contributed by atoms with Gasteiger partial charge in [-0.25, -0.2) is 4.98 Å². The van der Waals surface area contributed by atoms with Gasteiger partial charge in [0.2, 0.25) is 5.88 Å². The van der Waals surface area contributed by atoms with Gasteiger partial charge in [-0.3, -0.25) is 4.79 Å². The number of amides is 1. The zero-order valence-electron chi connectivity index (χ0n) is 15.9. The van der Waals surface area contributed by atoms with E-state index in [9.17, 15) is 4.79 Å². The number of nitrogens with one attached hydrogen (secondary N) is 1. The fourth-order valence-corrected chi connectivity index (χ4v) is 3.26. The van der Waals surface area contributed by atoms with Gasteiger partial charge in [0.05, 0.1) is 0 Å². The van der Waals surface area contributed by atoms with Gasteiger partial charge in [-0.15, -0.1) is 0 Å². The molecule has 0 saturated carbocycles. The van der Waals surface area contributed by atoms with E-state index in [0.29, 0.717) is 24.6 Å². The van der Waals surface area contributed by atoms with Crippen LogP contribution in [-0.4, -0.2) is 16.6 Å². The third kappa shape index (κ3) is 6.13. The van der Waals surface area contributed by atoms with Gasteiger partial charge < -0.3 is 10.1 Å². The lowest BCUT2D eigenvalue weighted by Crippen LogP contribution is -2.22. The van der Waals surface area contributed by atoms with E-state index < -0.39 is 0 Å². The van der Waals surface area contributed by atoms with E-state index in [4.69, 9.17) is 4.74 Å². The summed E-state index contributed by atoms with van der Waals surface area (Å²) in [7, 11) is 0. The molecule has 0 aliphatic carbocycles. The molecule has 1 amide bonds. The Bertz CT molecular complexity index is 883. The molecule has 4 nitrogen and oxygen atoms in total. The molecule has 0 saturated heterocycles. The van der Waals surface area contributed by atoms with E-state index in [1.165, 1.54) is 5.56 Å². The number of hydrogen-bond donors (Lipinski definition) is 1. The first-order chi connectivity index (χ1) is 13.7. The van der Waals surface area contributed by atoms with E-state index >= 15 is 0 Å². The largest absolute Gasteiger partial charge is 0.473 e. The molecule has 0 radical (unpaired) electrons. The van der Waals surface area contributed by atoms with Crippen LogP contribution >= 0.6 is 11.8 Å². The maximum atomic E-state index is 12.4. The summed E-state index contributed by atoms with van der Waals surface area (Å²) in [5.74, 6) is 2.53. The van der Waals surface area contributed by atoms with Crippen LogP contribution in [-0.2, 0) is 18.9 Å². The number of benzene rings is 2. The molecule has 1 aromatic heterocycles. The Morgan fingerprint density at radius 1 is 1.00 bits per heavy atom. The Hall–Kier alpha value is -2.79. The first-order valence-electron chi connectivity index (χ1n) is 9.31. The van der Waals surface area contributed by atoms with Crippen LogP contribution < -0.4 is 10.1 Å². The molecule has 0 spiro atoms. The molecule has 0 unspecified atom stereocenters. The van der Waals surface area contributed by atoms with Crippen LogP contribution in [0, 0.1) is 0 Å². The molecule has 0 fully saturated rings. The molecule has 144 valence electrons. The number of ether oxygens (including phenoxy) is 1. The molecule has 0 aliphatic heterocycles. The number of carbonyl (C=O) groups excluding carboxylic acids is 1. The lowest BCUT2D eigenvalue weighted by molar-refractivity contribution is 0.0951. The smallest absolute Gasteiger partial charge is 0.251 e. The van der Waals surface area contributed by atoms with Gasteiger partial charge >= 0.3 is 0 Å². The average molecular weight is 393 g/mol. The second-order valence-corrected chi connectivity index (χ2v) is 7.57. The van der Waals surface area contributed by atoms with E-state index in [2.05, 4.69) is 17.2 Å². The average Bonchev–Trinajstić information content (AvgIpc) is 2.76. The van der Waals surface area contributed by atoms with Crippen molar-refractivity contribution < 1.29 is 9.53 Å². The molecule has 3 rings (SSSR count). The quantitative estimate of drug-likeness (QED) is 0.566. The highest BCUT2D eigenvalue weighted by Gasteiger charge is 2.06. The molecule has 0 atom stereocenters. The molecule has 0 aliphatic rings. The van der Waals surface area contributed by atoms with Crippen molar-refractivity contribution in [2.45, 2.75) is 25.8 Å². The van der Waals surface area contributed by atoms with Crippen LogP contribution in [0.25, 0.3) is 0 Å². The van der Waals surface area contributed by atoms with Gasteiger partial charge in [0.25, 0.3) is 5.91 Å². The normalized spacial score (nSPS) is 10.5. The fraction of sp³-hybridized carbons (Fsp3) is 0.217. The summed E-state index contributed by atoms with van der Waals surface area (Å²) >= 11 is 1.87. The monoisotopic (exact) mass is 392 g/mol. The van der Waals surface area contributed by atoms with Crippen LogP contribution in [0.5, 0.6) is 5.88 Å². The Kier molecular flexibility index (Phi) is 7.50.